The van der Waals surface area contributed by atoms with Crippen molar-refractivity contribution in [1.82, 2.24) is 0 Å². The maximum atomic E-state index is 10.5. The van der Waals surface area contributed by atoms with Gasteiger partial charge in [-0.1, -0.05) is 38.2 Å². The Morgan fingerprint density at radius 1 is 1.54 bits per heavy atom. The minimum absolute atomic E-state index is 0.106. The number of hydrogen-bond acceptors (Lipinski definition) is 1. The summed E-state index contributed by atoms with van der Waals surface area (Å²) >= 11 is 0. The SMILES string of the molecule is C=C(C)/C=C/[C@H](CC(=O)O)C(C)C. The van der Waals surface area contributed by atoms with Gasteiger partial charge >= 0.3 is 5.97 Å². The molecule has 0 heterocycles. The number of carbonyl (C=O) groups is 1. The molecule has 1 atom stereocenters. The van der Waals surface area contributed by atoms with Crippen LogP contribution in [0.5, 0.6) is 0 Å². The summed E-state index contributed by atoms with van der Waals surface area (Å²) in [5.41, 5.74) is 0.955. The van der Waals surface area contributed by atoms with E-state index in [1.807, 2.05) is 32.9 Å². The molecule has 0 aliphatic carbocycles. The van der Waals surface area contributed by atoms with Crippen molar-refractivity contribution in [3.63, 3.8) is 0 Å². The summed E-state index contributed by atoms with van der Waals surface area (Å²) in [5.74, 6) is -0.286. The second-order valence-electron chi connectivity index (χ2n) is 3.71. The standard InChI is InChI=1S/C11H18O2/c1-8(2)5-6-10(9(3)4)7-11(12)13/h5-6,9-10H,1,7H2,2-4H3,(H,12,13)/b6-5+/t10-/m1/s1. The van der Waals surface area contributed by atoms with Crippen molar-refractivity contribution in [2.45, 2.75) is 27.2 Å². The van der Waals surface area contributed by atoms with E-state index in [4.69, 9.17) is 5.11 Å². The fourth-order valence-electron chi connectivity index (χ4n) is 1.02. The first-order valence-corrected chi connectivity index (χ1v) is 4.49. The second kappa shape index (κ2) is 5.57. The third-order valence-corrected chi connectivity index (χ3v) is 1.89. The van der Waals surface area contributed by atoms with Crippen LogP contribution in [-0.2, 0) is 4.79 Å². The molecule has 2 nitrogen and oxygen atoms in total. The van der Waals surface area contributed by atoms with Gasteiger partial charge in [-0.15, -0.1) is 0 Å². The average molecular weight is 182 g/mol. The first kappa shape index (κ1) is 11.9. The fraction of sp³-hybridized carbons (Fsp3) is 0.545. The van der Waals surface area contributed by atoms with Gasteiger partial charge in [0.15, 0.2) is 0 Å². The van der Waals surface area contributed by atoms with E-state index < -0.39 is 5.97 Å². The highest BCUT2D eigenvalue weighted by Gasteiger charge is 2.13. The molecular formula is C11H18O2. The number of aliphatic carboxylic acids is 1. The molecule has 2 heteroatoms. The van der Waals surface area contributed by atoms with Crippen molar-refractivity contribution >= 4 is 5.97 Å². The van der Waals surface area contributed by atoms with Crippen LogP contribution in [0.2, 0.25) is 0 Å². The van der Waals surface area contributed by atoms with Crippen LogP contribution >= 0.6 is 0 Å². The molecule has 0 radical (unpaired) electrons. The summed E-state index contributed by atoms with van der Waals surface area (Å²) in [6, 6.07) is 0. The third-order valence-electron chi connectivity index (χ3n) is 1.89. The summed E-state index contributed by atoms with van der Waals surface area (Å²) in [6.45, 7) is 9.68. The van der Waals surface area contributed by atoms with Crippen LogP contribution in [0.1, 0.15) is 27.2 Å². The third kappa shape index (κ3) is 6.14. The van der Waals surface area contributed by atoms with Crippen LogP contribution in [0.4, 0.5) is 0 Å². The molecular weight excluding hydrogens is 164 g/mol. The molecule has 0 fully saturated rings. The monoisotopic (exact) mass is 182 g/mol. The van der Waals surface area contributed by atoms with Crippen LogP contribution in [0, 0.1) is 11.8 Å². The Bertz CT molecular complexity index is 214. The van der Waals surface area contributed by atoms with Gasteiger partial charge < -0.3 is 5.11 Å². The highest BCUT2D eigenvalue weighted by molar-refractivity contribution is 5.67. The first-order chi connectivity index (χ1) is 5.93. The minimum atomic E-state index is -0.745. The van der Waals surface area contributed by atoms with Crippen LogP contribution in [0.3, 0.4) is 0 Å². The fourth-order valence-corrected chi connectivity index (χ4v) is 1.02. The van der Waals surface area contributed by atoms with E-state index in [2.05, 4.69) is 6.58 Å². The zero-order valence-corrected chi connectivity index (χ0v) is 8.58. The zero-order valence-electron chi connectivity index (χ0n) is 8.58. The lowest BCUT2D eigenvalue weighted by molar-refractivity contribution is -0.138. The van der Waals surface area contributed by atoms with E-state index in [0.717, 1.165) is 5.57 Å². The maximum Gasteiger partial charge on any atom is 0.303 e. The van der Waals surface area contributed by atoms with E-state index >= 15 is 0 Å². The lowest BCUT2D eigenvalue weighted by Gasteiger charge is -2.13. The first-order valence-electron chi connectivity index (χ1n) is 4.49. The number of carboxylic acid groups (broad SMARTS) is 1. The highest BCUT2D eigenvalue weighted by Crippen LogP contribution is 2.17. The predicted molar refractivity (Wildman–Crippen MR) is 54.5 cm³/mol. The normalized spacial score (nSPS) is 13.5. The summed E-state index contributed by atoms with van der Waals surface area (Å²) in [6.07, 6.45) is 4.01. The molecule has 0 aromatic carbocycles. The van der Waals surface area contributed by atoms with Crippen LogP contribution in [0.25, 0.3) is 0 Å². The quantitative estimate of drug-likeness (QED) is 0.664. The molecule has 0 saturated heterocycles. The maximum absolute atomic E-state index is 10.5. The molecule has 0 bridgehead atoms. The van der Waals surface area contributed by atoms with Crippen molar-refractivity contribution in [2.75, 3.05) is 0 Å². The Labute approximate surface area is 80.0 Å². The topological polar surface area (TPSA) is 37.3 Å². The van der Waals surface area contributed by atoms with Crippen LogP contribution in [-0.4, -0.2) is 11.1 Å². The number of allylic oxidation sites excluding steroid dienone is 3. The Hall–Kier alpha value is -1.05. The van der Waals surface area contributed by atoms with Gasteiger partial charge in [-0.25, -0.2) is 0 Å². The summed E-state index contributed by atoms with van der Waals surface area (Å²) < 4.78 is 0. The van der Waals surface area contributed by atoms with Gasteiger partial charge in [0, 0.05) is 0 Å². The van der Waals surface area contributed by atoms with Gasteiger partial charge in [-0.3, -0.25) is 4.79 Å². The molecule has 1 N–H and O–H groups in total. The lowest BCUT2D eigenvalue weighted by Crippen LogP contribution is -2.11. The van der Waals surface area contributed by atoms with Gasteiger partial charge in [0.1, 0.15) is 0 Å². The van der Waals surface area contributed by atoms with Crippen molar-refractivity contribution < 1.29 is 9.90 Å². The van der Waals surface area contributed by atoms with Gasteiger partial charge in [0.05, 0.1) is 6.42 Å². The van der Waals surface area contributed by atoms with Gasteiger partial charge in [0.2, 0.25) is 0 Å². The molecule has 0 aliphatic heterocycles. The van der Waals surface area contributed by atoms with E-state index in [0.29, 0.717) is 5.92 Å². The molecule has 0 saturated carbocycles. The van der Waals surface area contributed by atoms with Crippen molar-refractivity contribution in [2.24, 2.45) is 11.8 Å². The number of carboxylic acids is 1. The molecule has 0 unspecified atom stereocenters. The predicted octanol–water partition coefficient (Wildman–Crippen LogP) is 2.87. The van der Waals surface area contributed by atoms with Gasteiger partial charge in [0.25, 0.3) is 0 Å². The van der Waals surface area contributed by atoms with E-state index in [-0.39, 0.29) is 12.3 Å². The second-order valence-corrected chi connectivity index (χ2v) is 3.71. The number of hydrogen-bond donors (Lipinski definition) is 1. The molecule has 0 amide bonds. The number of rotatable bonds is 5. The Balaban J connectivity index is 4.26. The molecule has 74 valence electrons. The molecule has 13 heavy (non-hydrogen) atoms. The zero-order chi connectivity index (χ0) is 10.4. The summed E-state index contributed by atoms with van der Waals surface area (Å²) in [5, 5.41) is 8.64. The van der Waals surface area contributed by atoms with Crippen molar-refractivity contribution in [1.29, 1.82) is 0 Å². The van der Waals surface area contributed by atoms with Crippen molar-refractivity contribution in [3.05, 3.63) is 24.3 Å². The average Bonchev–Trinajstić information content (AvgIpc) is 1.96. The van der Waals surface area contributed by atoms with E-state index in [1.165, 1.54) is 0 Å². The lowest BCUT2D eigenvalue weighted by atomic mass is 9.92. The van der Waals surface area contributed by atoms with E-state index in [1.54, 1.807) is 0 Å². The van der Waals surface area contributed by atoms with E-state index in [9.17, 15) is 4.79 Å². The van der Waals surface area contributed by atoms with Gasteiger partial charge in [-0.2, -0.15) is 0 Å². The van der Waals surface area contributed by atoms with Gasteiger partial charge in [-0.05, 0) is 18.8 Å². The molecule has 0 aliphatic rings. The van der Waals surface area contributed by atoms with Crippen LogP contribution < -0.4 is 0 Å². The largest absolute Gasteiger partial charge is 0.481 e. The smallest absolute Gasteiger partial charge is 0.303 e. The molecule has 0 aromatic rings. The molecule has 0 spiro atoms. The Morgan fingerprint density at radius 3 is 2.38 bits per heavy atom. The van der Waals surface area contributed by atoms with Crippen LogP contribution in [0.15, 0.2) is 24.3 Å². The summed E-state index contributed by atoms with van der Waals surface area (Å²) in [4.78, 5) is 10.5. The molecule has 0 rings (SSSR count). The minimum Gasteiger partial charge on any atom is -0.481 e. The Kier molecular flexibility index (Phi) is 5.12. The Morgan fingerprint density at radius 2 is 2.08 bits per heavy atom. The highest BCUT2D eigenvalue weighted by atomic mass is 16.4. The summed E-state index contributed by atoms with van der Waals surface area (Å²) in [7, 11) is 0. The van der Waals surface area contributed by atoms with Crippen molar-refractivity contribution in [3.8, 4) is 0 Å². The molecule has 0 aromatic heterocycles.